The van der Waals surface area contributed by atoms with Crippen molar-refractivity contribution >= 4 is 27.0 Å². The van der Waals surface area contributed by atoms with E-state index in [0.717, 1.165) is 10.4 Å². The molecule has 1 heterocycles. The molecule has 0 amide bonds. The van der Waals surface area contributed by atoms with Gasteiger partial charge in [-0.15, -0.1) is 11.3 Å². The van der Waals surface area contributed by atoms with Gasteiger partial charge in [-0.25, -0.2) is 8.42 Å². The normalized spacial score (nSPS) is 12.8. The number of thiophene rings is 1. The molecule has 0 saturated heterocycles. The molecule has 0 radical (unpaired) electrons. The molecule has 0 N–H and O–H groups in total. The van der Waals surface area contributed by atoms with Gasteiger partial charge in [0.15, 0.2) is 4.90 Å². The van der Waals surface area contributed by atoms with E-state index in [0.29, 0.717) is 6.42 Å². The molecule has 1 aromatic heterocycles. The van der Waals surface area contributed by atoms with Crippen LogP contribution in [0.3, 0.4) is 0 Å². The average molecular weight is 417 g/mol. The van der Waals surface area contributed by atoms with Gasteiger partial charge >= 0.3 is 0 Å². The first-order valence-corrected chi connectivity index (χ1v) is 11.0. The molecule has 28 heavy (non-hydrogen) atoms. The van der Waals surface area contributed by atoms with Crippen molar-refractivity contribution in [2.24, 2.45) is 0 Å². The van der Waals surface area contributed by atoms with E-state index in [1.807, 2.05) is 54.8 Å². The highest BCUT2D eigenvalue weighted by Gasteiger charge is 2.34. The summed E-state index contributed by atoms with van der Waals surface area (Å²) in [5.74, 6) is 0. The van der Waals surface area contributed by atoms with Crippen LogP contribution in [0.2, 0.25) is 0 Å². The summed E-state index contributed by atoms with van der Waals surface area (Å²) in [7, 11) is -4.08. The van der Waals surface area contributed by atoms with Crippen molar-refractivity contribution in [2.45, 2.75) is 30.8 Å². The van der Waals surface area contributed by atoms with Gasteiger partial charge in [-0.3, -0.25) is 10.1 Å². The standard InChI is InChI=1S/C20H20N2O4S2/c1-16(14-18-10-7-13-27-18)21(15-17-8-3-2-4-9-17)28(25,26)20-12-6-5-11-19(20)22(23)24/h2-13,16H,14-15H2,1H3. The van der Waals surface area contributed by atoms with Crippen LogP contribution in [0.5, 0.6) is 0 Å². The number of para-hydroxylation sites is 1. The molecular weight excluding hydrogens is 396 g/mol. The second-order valence-corrected chi connectivity index (χ2v) is 9.28. The molecular formula is C20H20N2O4S2. The molecule has 146 valence electrons. The van der Waals surface area contributed by atoms with Crippen LogP contribution in [0.4, 0.5) is 5.69 Å². The van der Waals surface area contributed by atoms with Crippen LogP contribution in [-0.4, -0.2) is 23.7 Å². The SMILES string of the molecule is CC(Cc1cccs1)N(Cc1ccccc1)S(=O)(=O)c1ccccc1[N+](=O)[O-]. The number of hydrogen-bond donors (Lipinski definition) is 0. The lowest BCUT2D eigenvalue weighted by molar-refractivity contribution is -0.387. The number of sulfonamides is 1. The lowest BCUT2D eigenvalue weighted by Crippen LogP contribution is -2.39. The molecule has 0 spiro atoms. The van der Waals surface area contributed by atoms with Crippen LogP contribution in [0, 0.1) is 10.1 Å². The van der Waals surface area contributed by atoms with Crippen molar-refractivity contribution in [2.75, 3.05) is 0 Å². The van der Waals surface area contributed by atoms with E-state index in [1.165, 1.54) is 28.6 Å². The Morgan fingerprint density at radius 2 is 1.71 bits per heavy atom. The molecule has 0 bridgehead atoms. The molecule has 8 heteroatoms. The molecule has 6 nitrogen and oxygen atoms in total. The van der Waals surface area contributed by atoms with Crippen molar-refractivity contribution in [1.82, 2.24) is 4.31 Å². The Hall–Kier alpha value is -2.55. The molecule has 3 rings (SSSR count). The summed E-state index contributed by atoms with van der Waals surface area (Å²) in [4.78, 5) is 11.5. The summed E-state index contributed by atoms with van der Waals surface area (Å²) in [5, 5.41) is 13.3. The lowest BCUT2D eigenvalue weighted by Gasteiger charge is -2.28. The van der Waals surface area contributed by atoms with E-state index in [4.69, 9.17) is 0 Å². The van der Waals surface area contributed by atoms with Crippen LogP contribution >= 0.6 is 11.3 Å². The van der Waals surface area contributed by atoms with Gasteiger partial charge in [-0.05, 0) is 36.4 Å². The Morgan fingerprint density at radius 1 is 1.04 bits per heavy atom. The van der Waals surface area contributed by atoms with Gasteiger partial charge in [0, 0.05) is 23.5 Å². The molecule has 0 fully saturated rings. The second-order valence-electron chi connectivity index (χ2n) is 6.39. The average Bonchev–Trinajstić information content (AvgIpc) is 3.19. The van der Waals surface area contributed by atoms with Crippen LogP contribution in [0.25, 0.3) is 0 Å². The number of rotatable bonds is 8. The highest BCUT2D eigenvalue weighted by atomic mass is 32.2. The maximum Gasteiger partial charge on any atom is 0.289 e. The van der Waals surface area contributed by atoms with Gasteiger partial charge in [-0.2, -0.15) is 4.31 Å². The summed E-state index contributed by atoms with van der Waals surface area (Å²) in [5.41, 5.74) is 0.409. The first-order chi connectivity index (χ1) is 13.4. The Kier molecular flexibility index (Phi) is 6.23. The van der Waals surface area contributed by atoms with E-state index in [2.05, 4.69) is 0 Å². The van der Waals surface area contributed by atoms with Crippen molar-refractivity contribution in [3.8, 4) is 0 Å². The summed E-state index contributed by atoms with van der Waals surface area (Å²) in [6.45, 7) is 1.97. The van der Waals surface area contributed by atoms with Crippen LogP contribution < -0.4 is 0 Å². The van der Waals surface area contributed by atoms with Gasteiger partial charge in [0.05, 0.1) is 4.92 Å². The molecule has 0 aliphatic heterocycles. The smallest absolute Gasteiger partial charge is 0.258 e. The first-order valence-electron chi connectivity index (χ1n) is 8.71. The predicted octanol–water partition coefficient (Wildman–Crippen LogP) is 4.48. The van der Waals surface area contributed by atoms with Gasteiger partial charge < -0.3 is 0 Å². The number of nitrogens with zero attached hydrogens (tertiary/aromatic N) is 2. The molecule has 0 aliphatic rings. The molecule has 1 atom stereocenters. The zero-order valence-electron chi connectivity index (χ0n) is 15.3. The number of benzene rings is 2. The van der Waals surface area contributed by atoms with Crippen LogP contribution in [0.15, 0.2) is 77.0 Å². The van der Waals surface area contributed by atoms with Crippen molar-refractivity contribution in [1.29, 1.82) is 0 Å². The minimum Gasteiger partial charge on any atom is -0.258 e. The molecule has 3 aromatic rings. The fraction of sp³-hybridized carbons (Fsp3) is 0.200. The lowest BCUT2D eigenvalue weighted by atomic mass is 10.1. The van der Waals surface area contributed by atoms with Gasteiger partial charge in [0.1, 0.15) is 0 Å². The number of nitro benzene ring substituents is 1. The van der Waals surface area contributed by atoms with Crippen LogP contribution in [-0.2, 0) is 23.0 Å². The van der Waals surface area contributed by atoms with Gasteiger partial charge in [0.2, 0.25) is 10.0 Å². The number of hydrogen-bond acceptors (Lipinski definition) is 5. The third-order valence-electron chi connectivity index (χ3n) is 4.40. The fourth-order valence-electron chi connectivity index (χ4n) is 3.02. The van der Waals surface area contributed by atoms with Gasteiger partial charge in [-0.1, -0.05) is 48.5 Å². The molecule has 0 saturated carbocycles. The van der Waals surface area contributed by atoms with Crippen molar-refractivity contribution < 1.29 is 13.3 Å². The third kappa shape index (κ3) is 4.46. The predicted molar refractivity (Wildman–Crippen MR) is 110 cm³/mol. The highest BCUT2D eigenvalue weighted by molar-refractivity contribution is 7.89. The zero-order chi connectivity index (χ0) is 20.1. The Bertz CT molecular complexity index is 1040. The van der Waals surface area contributed by atoms with E-state index in [-0.39, 0.29) is 17.5 Å². The van der Waals surface area contributed by atoms with E-state index < -0.39 is 20.6 Å². The fourth-order valence-corrected chi connectivity index (χ4v) is 5.62. The Balaban J connectivity index is 2.03. The van der Waals surface area contributed by atoms with E-state index in [1.54, 1.807) is 11.3 Å². The molecule has 2 aromatic carbocycles. The zero-order valence-corrected chi connectivity index (χ0v) is 16.9. The van der Waals surface area contributed by atoms with E-state index in [9.17, 15) is 18.5 Å². The maximum atomic E-state index is 13.5. The van der Waals surface area contributed by atoms with Gasteiger partial charge in [0.25, 0.3) is 5.69 Å². The van der Waals surface area contributed by atoms with E-state index >= 15 is 0 Å². The Labute approximate surface area is 168 Å². The van der Waals surface area contributed by atoms with Crippen molar-refractivity contribution in [3.63, 3.8) is 0 Å². The highest BCUT2D eigenvalue weighted by Crippen LogP contribution is 2.29. The third-order valence-corrected chi connectivity index (χ3v) is 7.30. The summed E-state index contributed by atoms with van der Waals surface area (Å²) < 4.78 is 28.3. The largest absolute Gasteiger partial charge is 0.289 e. The second kappa shape index (κ2) is 8.64. The minimum absolute atomic E-state index is 0.141. The summed E-state index contributed by atoms with van der Waals surface area (Å²) >= 11 is 1.56. The maximum absolute atomic E-state index is 13.5. The number of nitro groups is 1. The monoisotopic (exact) mass is 416 g/mol. The summed E-state index contributed by atoms with van der Waals surface area (Å²) in [6, 6.07) is 18.2. The summed E-state index contributed by atoms with van der Waals surface area (Å²) in [6.07, 6.45) is 0.532. The quantitative estimate of drug-likeness (QED) is 0.401. The first kappa shape index (κ1) is 20.2. The molecule has 1 unspecified atom stereocenters. The minimum atomic E-state index is -4.08. The van der Waals surface area contributed by atoms with Crippen LogP contribution in [0.1, 0.15) is 17.4 Å². The molecule has 0 aliphatic carbocycles. The topological polar surface area (TPSA) is 80.5 Å². The van der Waals surface area contributed by atoms with Crippen molar-refractivity contribution in [3.05, 3.63) is 92.7 Å². The Morgan fingerprint density at radius 3 is 2.36 bits per heavy atom.